The second-order valence-corrected chi connectivity index (χ2v) is 3.51. The summed E-state index contributed by atoms with van der Waals surface area (Å²) in [5.41, 5.74) is -0.835. The van der Waals surface area contributed by atoms with Crippen molar-refractivity contribution in [3.63, 3.8) is 0 Å². The summed E-state index contributed by atoms with van der Waals surface area (Å²) in [7, 11) is 0. The van der Waals surface area contributed by atoms with Crippen molar-refractivity contribution in [3.05, 3.63) is 35.4 Å². The zero-order chi connectivity index (χ0) is 13.6. The van der Waals surface area contributed by atoms with E-state index in [0.29, 0.717) is 13.0 Å². The Balaban J connectivity index is 2.71. The molecule has 0 fully saturated rings. The fourth-order valence-electron chi connectivity index (χ4n) is 1.30. The van der Waals surface area contributed by atoms with Gasteiger partial charge >= 0.3 is 6.18 Å². The van der Waals surface area contributed by atoms with E-state index >= 15 is 0 Å². The van der Waals surface area contributed by atoms with E-state index in [1.807, 2.05) is 0 Å². The molecule has 0 aliphatic heterocycles. The maximum Gasteiger partial charge on any atom is 0.416 e. The second-order valence-electron chi connectivity index (χ2n) is 3.51. The summed E-state index contributed by atoms with van der Waals surface area (Å²) in [6, 6.07) is 4.32. The number of rotatable bonds is 3. The first-order valence-electron chi connectivity index (χ1n) is 5.30. The van der Waals surface area contributed by atoms with Crippen LogP contribution in [0.3, 0.4) is 0 Å². The molecule has 1 aromatic rings. The molecule has 0 atom stereocenters. The summed E-state index contributed by atoms with van der Waals surface area (Å²) in [5, 5.41) is 2.50. The van der Waals surface area contributed by atoms with Crippen molar-refractivity contribution in [2.24, 2.45) is 0 Å². The quantitative estimate of drug-likeness (QED) is 0.653. The molecule has 0 aliphatic carbocycles. The van der Waals surface area contributed by atoms with Crippen LogP contribution in [0, 0.1) is 11.8 Å². The van der Waals surface area contributed by atoms with Crippen molar-refractivity contribution >= 4 is 5.91 Å². The fourth-order valence-corrected chi connectivity index (χ4v) is 1.30. The highest BCUT2D eigenvalue weighted by Gasteiger charge is 2.30. The minimum absolute atomic E-state index is 0.00529. The van der Waals surface area contributed by atoms with Crippen molar-refractivity contribution in [2.45, 2.75) is 19.5 Å². The van der Waals surface area contributed by atoms with Crippen LogP contribution in [-0.2, 0) is 6.18 Å². The number of halogens is 3. The Hall–Kier alpha value is -1.96. The van der Waals surface area contributed by atoms with Gasteiger partial charge in [0.25, 0.3) is 5.91 Å². The molecular formula is C13H12F3NO. The molecule has 0 saturated heterocycles. The maximum atomic E-state index is 12.4. The molecule has 5 heteroatoms. The largest absolute Gasteiger partial charge is 0.416 e. The highest BCUT2D eigenvalue weighted by atomic mass is 19.4. The molecule has 0 aliphatic rings. The zero-order valence-electron chi connectivity index (χ0n) is 9.77. The van der Waals surface area contributed by atoms with Gasteiger partial charge in [0.15, 0.2) is 0 Å². The predicted octanol–water partition coefficient (Wildman–Crippen LogP) is 2.85. The number of nitrogens with one attached hydrogen (secondary N) is 1. The summed E-state index contributed by atoms with van der Waals surface area (Å²) < 4.78 is 37.3. The Morgan fingerprint density at radius 3 is 2.72 bits per heavy atom. The van der Waals surface area contributed by atoms with Crippen LogP contribution in [-0.4, -0.2) is 12.5 Å². The van der Waals surface area contributed by atoms with Gasteiger partial charge < -0.3 is 5.32 Å². The number of carbonyl (C=O) groups is 1. The van der Waals surface area contributed by atoms with Gasteiger partial charge in [-0.3, -0.25) is 4.79 Å². The molecule has 18 heavy (non-hydrogen) atoms. The summed E-state index contributed by atoms with van der Waals surface area (Å²) in [6.07, 6.45) is -3.97. The number of alkyl halides is 3. The molecule has 0 unspecified atom stereocenters. The van der Waals surface area contributed by atoms with Crippen LogP contribution in [0.2, 0.25) is 0 Å². The minimum Gasteiger partial charge on any atom is -0.351 e. The van der Waals surface area contributed by atoms with Crippen LogP contribution in [0.5, 0.6) is 0 Å². The Morgan fingerprint density at radius 2 is 2.11 bits per heavy atom. The average molecular weight is 255 g/mol. The normalized spacial score (nSPS) is 10.4. The van der Waals surface area contributed by atoms with Gasteiger partial charge in [0.2, 0.25) is 0 Å². The molecule has 96 valence electrons. The lowest BCUT2D eigenvalue weighted by Crippen LogP contribution is -2.24. The third-order valence-electron chi connectivity index (χ3n) is 2.16. The summed E-state index contributed by atoms with van der Waals surface area (Å²) in [4.78, 5) is 11.6. The molecule has 1 aromatic carbocycles. The van der Waals surface area contributed by atoms with E-state index in [1.54, 1.807) is 6.92 Å². The molecule has 0 spiro atoms. The number of hydrogen-bond donors (Lipinski definition) is 1. The van der Waals surface area contributed by atoms with Crippen molar-refractivity contribution in [1.29, 1.82) is 0 Å². The highest BCUT2D eigenvalue weighted by molar-refractivity contribution is 5.94. The number of carbonyl (C=O) groups excluding carboxylic acids is 1. The van der Waals surface area contributed by atoms with Gasteiger partial charge in [-0.15, -0.1) is 11.8 Å². The summed E-state index contributed by atoms with van der Waals surface area (Å²) in [5.74, 6) is 4.88. The lowest BCUT2D eigenvalue weighted by Gasteiger charge is -2.08. The topological polar surface area (TPSA) is 29.1 Å². The molecular weight excluding hydrogens is 243 g/mol. The smallest absolute Gasteiger partial charge is 0.351 e. The van der Waals surface area contributed by atoms with Crippen molar-refractivity contribution < 1.29 is 18.0 Å². The third kappa shape index (κ3) is 4.13. The van der Waals surface area contributed by atoms with E-state index in [2.05, 4.69) is 17.2 Å². The molecule has 0 saturated carbocycles. The summed E-state index contributed by atoms with van der Waals surface area (Å²) >= 11 is 0. The van der Waals surface area contributed by atoms with Crippen LogP contribution >= 0.6 is 0 Å². The van der Waals surface area contributed by atoms with Gasteiger partial charge in [0, 0.05) is 18.5 Å². The molecule has 1 N–H and O–H groups in total. The van der Waals surface area contributed by atoms with Crippen molar-refractivity contribution in [2.75, 3.05) is 6.54 Å². The molecule has 1 rings (SSSR count). The van der Waals surface area contributed by atoms with Gasteiger partial charge in [0.05, 0.1) is 5.56 Å². The molecule has 0 aromatic heterocycles. The van der Waals surface area contributed by atoms with Crippen molar-refractivity contribution in [3.8, 4) is 11.8 Å². The van der Waals surface area contributed by atoms with Gasteiger partial charge in [-0.05, 0) is 25.1 Å². The Labute approximate surface area is 103 Å². The van der Waals surface area contributed by atoms with Crippen LogP contribution in [0.4, 0.5) is 13.2 Å². The van der Waals surface area contributed by atoms with Gasteiger partial charge in [-0.1, -0.05) is 6.07 Å². The van der Waals surface area contributed by atoms with Gasteiger partial charge in [-0.25, -0.2) is 0 Å². The first-order valence-corrected chi connectivity index (χ1v) is 5.30. The van der Waals surface area contributed by atoms with E-state index in [0.717, 1.165) is 12.1 Å². The molecule has 0 bridgehead atoms. The van der Waals surface area contributed by atoms with E-state index in [-0.39, 0.29) is 5.56 Å². The summed E-state index contributed by atoms with van der Waals surface area (Å²) in [6.45, 7) is 1.99. The highest BCUT2D eigenvalue weighted by Crippen LogP contribution is 2.29. The monoisotopic (exact) mass is 255 g/mol. The van der Waals surface area contributed by atoms with E-state index in [9.17, 15) is 18.0 Å². The maximum absolute atomic E-state index is 12.4. The third-order valence-corrected chi connectivity index (χ3v) is 2.16. The van der Waals surface area contributed by atoms with Crippen LogP contribution in [0.1, 0.15) is 29.3 Å². The van der Waals surface area contributed by atoms with Crippen LogP contribution < -0.4 is 5.32 Å². The average Bonchev–Trinajstić information content (AvgIpc) is 2.33. The lowest BCUT2D eigenvalue weighted by atomic mass is 10.1. The number of hydrogen-bond acceptors (Lipinski definition) is 1. The second kappa shape index (κ2) is 6.10. The first-order chi connectivity index (χ1) is 8.45. The predicted molar refractivity (Wildman–Crippen MR) is 61.8 cm³/mol. The van der Waals surface area contributed by atoms with Crippen molar-refractivity contribution in [1.82, 2.24) is 5.32 Å². The number of amides is 1. The molecule has 1 amide bonds. The zero-order valence-corrected chi connectivity index (χ0v) is 9.77. The minimum atomic E-state index is -4.44. The lowest BCUT2D eigenvalue weighted by molar-refractivity contribution is -0.137. The Kier molecular flexibility index (Phi) is 4.78. The number of benzene rings is 1. The van der Waals surface area contributed by atoms with Crippen LogP contribution in [0.25, 0.3) is 0 Å². The Morgan fingerprint density at radius 1 is 1.39 bits per heavy atom. The van der Waals surface area contributed by atoms with E-state index in [1.165, 1.54) is 12.1 Å². The molecule has 2 nitrogen and oxygen atoms in total. The molecule has 0 radical (unpaired) electrons. The standard InChI is InChI=1S/C13H12F3NO/c1-2-3-4-8-17-12(18)10-6-5-7-11(9-10)13(14,15)16/h5-7,9H,4,8H2,1H3,(H,17,18). The van der Waals surface area contributed by atoms with Gasteiger partial charge in [-0.2, -0.15) is 13.2 Å². The fraction of sp³-hybridized carbons (Fsp3) is 0.308. The van der Waals surface area contributed by atoms with Crippen LogP contribution in [0.15, 0.2) is 24.3 Å². The van der Waals surface area contributed by atoms with E-state index in [4.69, 9.17) is 0 Å². The molecule has 0 heterocycles. The Bertz CT molecular complexity index is 483. The van der Waals surface area contributed by atoms with Gasteiger partial charge in [0.1, 0.15) is 0 Å². The SMILES string of the molecule is CC#CCCNC(=O)c1cccc(C(F)(F)F)c1. The van der Waals surface area contributed by atoms with E-state index < -0.39 is 17.6 Å². The first kappa shape index (κ1) is 14.1.